The number of aromatic nitrogens is 2. The summed E-state index contributed by atoms with van der Waals surface area (Å²) in [5.41, 5.74) is 0.434. The Kier molecular flexibility index (Phi) is 5.99. The predicted octanol–water partition coefficient (Wildman–Crippen LogP) is 4.00. The second-order valence-electron chi connectivity index (χ2n) is 5.83. The average Bonchev–Trinajstić information content (AvgIpc) is 3.31. The quantitative estimate of drug-likeness (QED) is 0.236. The first-order valence-corrected chi connectivity index (χ1v) is 8.69. The fourth-order valence-corrected chi connectivity index (χ4v) is 2.78. The molecule has 0 radical (unpaired) electrons. The molecule has 0 aliphatic rings. The largest absolute Gasteiger partial charge is 0.493 e. The van der Waals surface area contributed by atoms with E-state index in [0.29, 0.717) is 28.6 Å². The average molecular weight is 418 g/mol. The molecule has 0 N–H and O–H groups in total. The van der Waals surface area contributed by atoms with Gasteiger partial charge in [-0.3, -0.25) is 4.79 Å². The van der Waals surface area contributed by atoms with Crippen molar-refractivity contribution in [2.45, 2.75) is 6.54 Å². The molecule has 0 aliphatic carbocycles. The highest BCUT2D eigenvalue weighted by molar-refractivity contribution is 6.32. The van der Waals surface area contributed by atoms with Crippen LogP contribution in [0.4, 0.5) is 5.82 Å². The van der Waals surface area contributed by atoms with Crippen LogP contribution >= 0.6 is 11.6 Å². The van der Waals surface area contributed by atoms with Crippen LogP contribution in [0.1, 0.15) is 21.9 Å². The zero-order valence-corrected chi connectivity index (χ0v) is 16.3. The maximum absolute atomic E-state index is 12.4. The molecule has 2 heterocycles. The van der Waals surface area contributed by atoms with Crippen LogP contribution in [-0.2, 0) is 6.54 Å². The van der Waals surface area contributed by atoms with Crippen LogP contribution in [0.15, 0.2) is 47.0 Å². The number of furan rings is 1. The van der Waals surface area contributed by atoms with E-state index in [9.17, 15) is 14.9 Å². The Balaban J connectivity index is 1.69. The van der Waals surface area contributed by atoms with Crippen molar-refractivity contribution < 1.29 is 23.6 Å². The molecule has 0 spiro atoms. The molecule has 2 aromatic heterocycles. The summed E-state index contributed by atoms with van der Waals surface area (Å²) >= 11 is 5.77. The first-order valence-electron chi connectivity index (χ1n) is 8.31. The van der Waals surface area contributed by atoms with E-state index >= 15 is 0 Å². The molecule has 0 saturated heterocycles. The molecule has 9 nitrogen and oxygen atoms in total. The van der Waals surface area contributed by atoms with E-state index in [1.165, 1.54) is 37.3 Å². The van der Waals surface area contributed by atoms with Gasteiger partial charge >= 0.3 is 5.82 Å². The third kappa shape index (κ3) is 4.64. The second-order valence-corrected chi connectivity index (χ2v) is 6.23. The van der Waals surface area contributed by atoms with Crippen LogP contribution < -0.4 is 9.47 Å². The standard InChI is InChI=1S/C19H16ClN3O6/c1-27-17-8-3-12(9-18(17)28-2)16(24)7-6-13-4-5-14(29-13)10-22-11-15(20)19(21-22)23(25)26/h3-9,11H,10H2,1-2H3/b7-6+. The summed E-state index contributed by atoms with van der Waals surface area (Å²) < 4.78 is 17.3. The molecule has 0 amide bonds. The van der Waals surface area contributed by atoms with Crippen molar-refractivity contribution >= 4 is 29.3 Å². The van der Waals surface area contributed by atoms with Crippen LogP contribution in [0.3, 0.4) is 0 Å². The SMILES string of the molecule is COc1ccc(C(=O)/C=C/c2ccc(Cn3cc(Cl)c([N+](=O)[O-])n3)o2)cc1OC. The summed E-state index contributed by atoms with van der Waals surface area (Å²) in [6, 6.07) is 8.23. The maximum Gasteiger partial charge on any atom is 0.408 e. The molecule has 29 heavy (non-hydrogen) atoms. The molecule has 0 saturated carbocycles. The van der Waals surface area contributed by atoms with E-state index in [-0.39, 0.29) is 17.4 Å². The van der Waals surface area contributed by atoms with Gasteiger partial charge in [0.2, 0.25) is 0 Å². The smallest absolute Gasteiger partial charge is 0.408 e. The van der Waals surface area contributed by atoms with Crippen LogP contribution in [0, 0.1) is 10.1 Å². The second kappa shape index (κ2) is 8.61. The van der Waals surface area contributed by atoms with Crippen molar-refractivity contribution in [1.29, 1.82) is 0 Å². The maximum atomic E-state index is 12.4. The van der Waals surface area contributed by atoms with Crippen molar-refractivity contribution in [3.63, 3.8) is 0 Å². The zero-order chi connectivity index (χ0) is 21.0. The van der Waals surface area contributed by atoms with Gasteiger partial charge in [0.1, 0.15) is 18.1 Å². The third-order valence-corrected chi connectivity index (χ3v) is 4.21. The summed E-state index contributed by atoms with van der Waals surface area (Å²) in [5.74, 6) is 1.28. The highest BCUT2D eigenvalue weighted by atomic mass is 35.5. The number of ketones is 1. The minimum absolute atomic E-state index is 0.0535. The topological polar surface area (TPSA) is 110 Å². The Morgan fingerprint density at radius 3 is 2.69 bits per heavy atom. The molecule has 0 fully saturated rings. The normalized spacial score (nSPS) is 11.0. The number of nitro groups is 1. The van der Waals surface area contributed by atoms with Crippen LogP contribution in [0.25, 0.3) is 6.08 Å². The number of rotatable bonds is 8. The summed E-state index contributed by atoms with van der Waals surface area (Å²) in [4.78, 5) is 22.5. The van der Waals surface area contributed by atoms with Gasteiger partial charge in [0, 0.05) is 5.56 Å². The lowest BCUT2D eigenvalue weighted by molar-refractivity contribution is -0.389. The molecule has 0 bridgehead atoms. The van der Waals surface area contributed by atoms with Gasteiger partial charge in [-0.15, -0.1) is 0 Å². The predicted molar refractivity (Wildman–Crippen MR) is 105 cm³/mol. The highest BCUT2D eigenvalue weighted by Crippen LogP contribution is 2.28. The van der Waals surface area contributed by atoms with Gasteiger partial charge in [-0.25, -0.2) is 0 Å². The highest BCUT2D eigenvalue weighted by Gasteiger charge is 2.19. The number of halogens is 1. The Labute approximate surface area is 170 Å². The van der Waals surface area contributed by atoms with E-state index in [4.69, 9.17) is 25.5 Å². The minimum Gasteiger partial charge on any atom is -0.493 e. The van der Waals surface area contributed by atoms with Crippen molar-refractivity contribution in [1.82, 2.24) is 9.78 Å². The number of ether oxygens (including phenoxy) is 2. The number of methoxy groups -OCH3 is 2. The van der Waals surface area contributed by atoms with Gasteiger partial charge in [-0.1, -0.05) is 11.6 Å². The summed E-state index contributed by atoms with van der Waals surface area (Å²) in [5, 5.41) is 14.5. The van der Waals surface area contributed by atoms with Gasteiger partial charge in [0.25, 0.3) is 0 Å². The van der Waals surface area contributed by atoms with Crippen molar-refractivity contribution in [3.05, 3.63) is 74.8 Å². The van der Waals surface area contributed by atoms with E-state index < -0.39 is 10.7 Å². The molecule has 150 valence electrons. The molecule has 10 heteroatoms. The molecule has 3 rings (SSSR count). The zero-order valence-electron chi connectivity index (χ0n) is 15.5. The lowest BCUT2D eigenvalue weighted by Gasteiger charge is -2.07. The summed E-state index contributed by atoms with van der Waals surface area (Å²) in [7, 11) is 3.01. The molecular weight excluding hydrogens is 402 g/mol. The van der Waals surface area contributed by atoms with Crippen molar-refractivity contribution in [2.75, 3.05) is 14.2 Å². The van der Waals surface area contributed by atoms with E-state index in [2.05, 4.69) is 5.10 Å². The molecule has 0 unspecified atom stereocenters. The van der Waals surface area contributed by atoms with Gasteiger partial charge in [-0.05, 0) is 47.4 Å². The lowest BCUT2D eigenvalue weighted by Crippen LogP contribution is -2.00. The number of hydrogen-bond acceptors (Lipinski definition) is 7. The van der Waals surface area contributed by atoms with Crippen LogP contribution in [-0.4, -0.2) is 34.7 Å². The molecule has 0 atom stereocenters. The summed E-state index contributed by atoms with van der Waals surface area (Å²) in [6.07, 6.45) is 4.25. The first-order chi connectivity index (χ1) is 13.9. The molecule has 0 aliphatic heterocycles. The Hall–Kier alpha value is -3.59. The minimum atomic E-state index is -0.658. The van der Waals surface area contributed by atoms with Gasteiger partial charge in [0.15, 0.2) is 22.3 Å². The third-order valence-electron chi connectivity index (χ3n) is 3.94. The fourth-order valence-electron chi connectivity index (χ4n) is 2.56. The summed E-state index contributed by atoms with van der Waals surface area (Å²) in [6.45, 7) is 0.158. The Morgan fingerprint density at radius 2 is 2.03 bits per heavy atom. The van der Waals surface area contributed by atoms with Gasteiger partial charge in [0.05, 0.1) is 25.5 Å². The van der Waals surface area contributed by atoms with E-state index in [0.717, 1.165) is 0 Å². The molecular formula is C19H16ClN3O6. The number of carbonyl (C=O) groups is 1. The number of allylic oxidation sites excluding steroid dienone is 1. The number of hydrogen-bond donors (Lipinski definition) is 0. The first kappa shape index (κ1) is 20.2. The number of carbonyl (C=O) groups excluding carboxylic acids is 1. The lowest BCUT2D eigenvalue weighted by atomic mass is 10.1. The van der Waals surface area contributed by atoms with Gasteiger partial charge in [-0.2, -0.15) is 4.68 Å². The monoisotopic (exact) mass is 417 g/mol. The van der Waals surface area contributed by atoms with Gasteiger partial charge < -0.3 is 24.0 Å². The van der Waals surface area contributed by atoms with Crippen molar-refractivity contribution in [3.8, 4) is 11.5 Å². The Bertz CT molecular complexity index is 1090. The van der Waals surface area contributed by atoms with Crippen LogP contribution in [0.5, 0.6) is 11.5 Å². The molecule has 3 aromatic rings. The Morgan fingerprint density at radius 1 is 1.28 bits per heavy atom. The van der Waals surface area contributed by atoms with E-state index in [1.807, 2.05) is 0 Å². The van der Waals surface area contributed by atoms with Crippen molar-refractivity contribution in [2.24, 2.45) is 0 Å². The molecule has 1 aromatic carbocycles. The van der Waals surface area contributed by atoms with E-state index in [1.54, 1.807) is 30.3 Å². The number of nitrogens with zero attached hydrogens (tertiary/aromatic N) is 3. The fraction of sp³-hybridized carbons (Fsp3) is 0.158. The van der Waals surface area contributed by atoms with Crippen LogP contribution in [0.2, 0.25) is 5.02 Å². The number of benzene rings is 1.